The summed E-state index contributed by atoms with van der Waals surface area (Å²) in [4.78, 5) is 0. The number of aliphatic hydroxyl groups excluding tert-OH is 1. The average molecular weight is 194 g/mol. The van der Waals surface area contributed by atoms with Gasteiger partial charge in [0.1, 0.15) is 0 Å². The molecule has 1 aromatic rings. The Balaban J connectivity index is 2.62. The predicted molar refractivity (Wildman–Crippen MR) is 59.5 cm³/mol. The molecule has 3 heteroatoms. The van der Waals surface area contributed by atoms with Gasteiger partial charge in [-0.3, -0.25) is 0 Å². The van der Waals surface area contributed by atoms with E-state index in [1.807, 2.05) is 13.8 Å². The highest BCUT2D eigenvalue weighted by molar-refractivity contribution is 5.52. The van der Waals surface area contributed by atoms with E-state index in [1.54, 1.807) is 0 Å². The smallest absolute Gasteiger partial charge is 0.0834 e. The largest absolute Gasteiger partial charge is 0.390 e. The zero-order valence-electron chi connectivity index (χ0n) is 8.75. The predicted octanol–water partition coefficient (Wildman–Crippen LogP) is 1.03. The minimum absolute atomic E-state index is 0.290. The lowest BCUT2D eigenvalue weighted by Crippen LogP contribution is -2.27. The monoisotopic (exact) mass is 194 g/mol. The molecule has 1 atom stereocenters. The van der Waals surface area contributed by atoms with Crippen LogP contribution in [0.4, 0.5) is 5.69 Å². The molecule has 0 aliphatic carbocycles. The van der Waals surface area contributed by atoms with E-state index in [2.05, 4.69) is 23.5 Å². The van der Waals surface area contributed by atoms with E-state index < -0.39 is 6.10 Å². The number of rotatable bonds is 4. The van der Waals surface area contributed by atoms with E-state index in [0.29, 0.717) is 6.54 Å². The van der Waals surface area contributed by atoms with Gasteiger partial charge in [0.2, 0.25) is 0 Å². The third kappa shape index (κ3) is 3.01. The summed E-state index contributed by atoms with van der Waals surface area (Å²) in [5.41, 5.74) is 8.77. The number of anilines is 1. The summed E-state index contributed by atoms with van der Waals surface area (Å²) in [6, 6.07) is 6.20. The molecule has 0 saturated heterocycles. The van der Waals surface area contributed by atoms with Crippen molar-refractivity contribution in [2.75, 3.05) is 18.4 Å². The van der Waals surface area contributed by atoms with Crippen molar-refractivity contribution >= 4 is 5.69 Å². The molecule has 1 rings (SSSR count). The highest BCUT2D eigenvalue weighted by atomic mass is 16.3. The molecule has 4 N–H and O–H groups in total. The molecule has 0 radical (unpaired) electrons. The summed E-state index contributed by atoms with van der Waals surface area (Å²) in [5, 5.41) is 12.5. The van der Waals surface area contributed by atoms with E-state index in [0.717, 1.165) is 5.69 Å². The standard InChI is InChI=1S/C11H18N2O/c1-8-3-4-9(2)11(5-8)13-7-10(14)6-12/h3-5,10,13-14H,6-7,12H2,1-2H3. The highest BCUT2D eigenvalue weighted by Gasteiger charge is 2.02. The van der Waals surface area contributed by atoms with E-state index in [-0.39, 0.29) is 6.54 Å². The number of aryl methyl sites for hydroxylation is 2. The summed E-state index contributed by atoms with van der Waals surface area (Å²) in [5.74, 6) is 0. The Bertz CT molecular complexity index is 299. The van der Waals surface area contributed by atoms with Crippen LogP contribution in [0.15, 0.2) is 18.2 Å². The summed E-state index contributed by atoms with van der Waals surface area (Å²) >= 11 is 0. The second-order valence-electron chi connectivity index (χ2n) is 3.59. The van der Waals surface area contributed by atoms with Crippen molar-refractivity contribution in [3.63, 3.8) is 0 Å². The second kappa shape index (κ2) is 4.98. The molecule has 1 aromatic carbocycles. The summed E-state index contributed by atoms with van der Waals surface area (Å²) in [7, 11) is 0. The zero-order chi connectivity index (χ0) is 10.6. The van der Waals surface area contributed by atoms with Gasteiger partial charge in [-0.05, 0) is 31.0 Å². The van der Waals surface area contributed by atoms with Gasteiger partial charge in [-0.25, -0.2) is 0 Å². The third-order valence-electron chi connectivity index (χ3n) is 2.19. The maximum Gasteiger partial charge on any atom is 0.0834 e. The molecule has 0 aliphatic heterocycles. The molecule has 14 heavy (non-hydrogen) atoms. The normalized spacial score (nSPS) is 12.6. The number of aliphatic hydroxyl groups is 1. The van der Waals surface area contributed by atoms with Gasteiger partial charge in [0.15, 0.2) is 0 Å². The molecule has 3 nitrogen and oxygen atoms in total. The molecule has 0 fully saturated rings. The van der Waals surface area contributed by atoms with Crippen molar-refractivity contribution in [3.05, 3.63) is 29.3 Å². The quantitative estimate of drug-likeness (QED) is 0.671. The summed E-state index contributed by atoms with van der Waals surface area (Å²) < 4.78 is 0. The molecule has 0 bridgehead atoms. The van der Waals surface area contributed by atoms with Crippen molar-refractivity contribution in [1.29, 1.82) is 0 Å². The van der Waals surface area contributed by atoms with Gasteiger partial charge in [-0.1, -0.05) is 12.1 Å². The minimum atomic E-state index is -0.477. The van der Waals surface area contributed by atoms with Gasteiger partial charge in [0.05, 0.1) is 6.10 Å². The lowest BCUT2D eigenvalue weighted by atomic mass is 10.1. The highest BCUT2D eigenvalue weighted by Crippen LogP contribution is 2.15. The van der Waals surface area contributed by atoms with Crippen LogP contribution in [0.3, 0.4) is 0 Å². The van der Waals surface area contributed by atoms with Gasteiger partial charge in [-0.15, -0.1) is 0 Å². The molecule has 1 unspecified atom stereocenters. The molecule has 0 heterocycles. The Morgan fingerprint density at radius 3 is 2.79 bits per heavy atom. The lowest BCUT2D eigenvalue weighted by molar-refractivity contribution is 0.196. The Morgan fingerprint density at radius 1 is 1.43 bits per heavy atom. The fourth-order valence-corrected chi connectivity index (χ4v) is 1.24. The molecule has 0 aliphatic rings. The Hall–Kier alpha value is -1.06. The Labute approximate surface area is 84.9 Å². The summed E-state index contributed by atoms with van der Waals surface area (Å²) in [6.07, 6.45) is -0.477. The number of hydrogen-bond acceptors (Lipinski definition) is 3. The molecule has 0 aromatic heterocycles. The zero-order valence-corrected chi connectivity index (χ0v) is 8.75. The first kappa shape index (κ1) is 11.0. The fraction of sp³-hybridized carbons (Fsp3) is 0.455. The maximum absolute atomic E-state index is 9.29. The van der Waals surface area contributed by atoms with Crippen LogP contribution in [0, 0.1) is 13.8 Å². The van der Waals surface area contributed by atoms with Crippen molar-refractivity contribution < 1.29 is 5.11 Å². The van der Waals surface area contributed by atoms with E-state index >= 15 is 0 Å². The molecular formula is C11H18N2O. The van der Waals surface area contributed by atoms with Gasteiger partial charge in [0, 0.05) is 18.8 Å². The van der Waals surface area contributed by atoms with Gasteiger partial charge < -0.3 is 16.2 Å². The second-order valence-corrected chi connectivity index (χ2v) is 3.59. The van der Waals surface area contributed by atoms with Crippen LogP contribution in [-0.4, -0.2) is 24.3 Å². The van der Waals surface area contributed by atoms with Gasteiger partial charge >= 0.3 is 0 Å². The van der Waals surface area contributed by atoms with Crippen LogP contribution in [0.5, 0.6) is 0 Å². The lowest BCUT2D eigenvalue weighted by Gasteiger charge is -2.13. The number of benzene rings is 1. The third-order valence-corrected chi connectivity index (χ3v) is 2.19. The van der Waals surface area contributed by atoms with E-state index in [9.17, 15) is 5.11 Å². The van der Waals surface area contributed by atoms with Crippen molar-refractivity contribution in [1.82, 2.24) is 0 Å². The van der Waals surface area contributed by atoms with Crippen molar-refractivity contribution in [3.8, 4) is 0 Å². The topological polar surface area (TPSA) is 58.3 Å². The van der Waals surface area contributed by atoms with E-state index in [1.165, 1.54) is 11.1 Å². The SMILES string of the molecule is Cc1ccc(C)c(NCC(O)CN)c1. The van der Waals surface area contributed by atoms with Crippen LogP contribution in [-0.2, 0) is 0 Å². The fourth-order valence-electron chi connectivity index (χ4n) is 1.24. The van der Waals surface area contributed by atoms with Crippen LogP contribution in [0.2, 0.25) is 0 Å². The molecule has 0 amide bonds. The van der Waals surface area contributed by atoms with Gasteiger partial charge in [0.25, 0.3) is 0 Å². The summed E-state index contributed by atoms with van der Waals surface area (Å²) in [6.45, 7) is 4.87. The van der Waals surface area contributed by atoms with Crippen molar-refractivity contribution in [2.24, 2.45) is 5.73 Å². The number of nitrogens with two attached hydrogens (primary N) is 1. The minimum Gasteiger partial charge on any atom is -0.390 e. The molecule has 0 saturated carbocycles. The van der Waals surface area contributed by atoms with Crippen LogP contribution in [0.25, 0.3) is 0 Å². The van der Waals surface area contributed by atoms with Gasteiger partial charge in [-0.2, -0.15) is 0 Å². The average Bonchev–Trinajstić information content (AvgIpc) is 2.19. The first-order valence-electron chi connectivity index (χ1n) is 4.82. The molecule has 78 valence electrons. The maximum atomic E-state index is 9.29. The van der Waals surface area contributed by atoms with Crippen LogP contribution in [0.1, 0.15) is 11.1 Å². The van der Waals surface area contributed by atoms with Crippen LogP contribution >= 0.6 is 0 Å². The Morgan fingerprint density at radius 2 is 2.14 bits per heavy atom. The van der Waals surface area contributed by atoms with Crippen molar-refractivity contribution in [2.45, 2.75) is 20.0 Å². The Kier molecular flexibility index (Phi) is 3.92. The molecular weight excluding hydrogens is 176 g/mol. The molecule has 0 spiro atoms. The number of hydrogen-bond donors (Lipinski definition) is 3. The number of nitrogens with one attached hydrogen (secondary N) is 1. The van der Waals surface area contributed by atoms with E-state index in [4.69, 9.17) is 5.73 Å². The van der Waals surface area contributed by atoms with Crippen LogP contribution < -0.4 is 11.1 Å². The first-order valence-corrected chi connectivity index (χ1v) is 4.82. The first-order chi connectivity index (χ1) is 6.63.